The first kappa shape index (κ1) is 20.8. The van der Waals surface area contributed by atoms with Crippen LogP contribution in [0.15, 0.2) is 35.5 Å². The minimum atomic E-state index is -0.870. The Morgan fingerprint density at radius 1 is 1.22 bits per heavy atom. The Kier molecular flexibility index (Phi) is 7.66. The molecule has 27 heavy (non-hydrogen) atoms. The number of nitrogens with two attached hydrogens (primary N) is 1. The standard InChI is InChI=1S/C18H25N5O3S/c1-12(2)9-10-23-15(11-26-14-7-5-4-6-8-14)21-22-18(23)27-13(3)16(24)20-17(19)25/h4-8,12-13H,9-11H2,1-3H3,(H3,19,20,24,25)/t13-/m0/s1. The monoisotopic (exact) mass is 391 g/mol. The number of nitrogens with zero attached hydrogens (tertiary/aromatic N) is 3. The Bertz CT molecular complexity index is 764. The third kappa shape index (κ3) is 6.59. The number of thioether (sulfide) groups is 1. The summed E-state index contributed by atoms with van der Waals surface area (Å²) in [7, 11) is 0. The average molecular weight is 391 g/mol. The Labute approximate surface area is 162 Å². The van der Waals surface area contributed by atoms with Gasteiger partial charge in [-0.2, -0.15) is 0 Å². The number of nitrogens with one attached hydrogen (secondary N) is 1. The van der Waals surface area contributed by atoms with Gasteiger partial charge in [-0.1, -0.05) is 43.8 Å². The van der Waals surface area contributed by atoms with Crippen LogP contribution >= 0.6 is 11.8 Å². The van der Waals surface area contributed by atoms with Crippen LogP contribution in [0.25, 0.3) is 0 Å². The first-order valence-corrected chi connectivity index (χ1v) is 9.61. The summed E-state index contributed by atoms with van der Waals surface area (Å²) in [5.41, 5.74) is 5.00. The maximum absolute atomic E-state index is 11.9. The van der Waals surface area contributed by atoms with Gasteiger partial charge in [-0.3, -0.25) is 10.1 Å². The summed E-state index contributed by atoms with van der Waals surface area (Å²) in [5, 5.41) is 10.6. The largest absolute Gasteiger partial charge is 0.486 e. The van der Waals surface area contributed by atoms with Gasteiger partial charge in [0.25, 0.3) is 0 Å². The molecule has 0 fully saturated rings. The molecule has 2 rings (SSSR count). The van der Waals surface area contributed by atoms with Gasteiger partial charge in [0.2, 0.25) is 5.91 Å². The highest BCUT2D eigenvalue weighted by Crippen LogP contribution is 2.24. The van der Waals surface area contributed by atoms with Crippen molar-refractivity contribution in [2.45, 2.75) is 50.8 Å². The van der Waals surface area contributed by atoms with Gasteiger partial charge < -0.3 is 15.0 Å². The van der Waals surface area contributed by atoms with Gasteiger partial charge >= 0.3 is 6.03 Å². The minimum absolute atomic E-state index is 0.275. The summed E-state index contributed by atoms with van der Waals surface area (Å²) in [5.74, 6) is 1.47. The molecule has 3 amide bonds. The lowest BCUT2D eigenvalue weighted by molar-refractivity contribution is -0.119. The number of imide groups is 1. The molecule has 8 nitrogen and oxygen atoms in total. The number of urea groups is 1. The lowest BCUT2D eigenvalue weighted by atomic mass is 10.1. The van der Waals surface area contributed by atoms with Crippen LogP contribution in [0.4, 0.5) is 4.79 Å². The van der Waals surface area contributed by atoms with Crippen molar-refractivity contribution >= 4 is 23.7 Å². The highest BCUT2D eigenvalue weighted by molar-refractivity contribution is 8.00. The molecule has 2 aromatic rings. The number of rotatable bonds is 9. The zero-order valence-electron chi connectivity index (χ0n) is 15.7. The highest BCUT2D eigenvalue weighted by Gasteiger charge is 2.21. The van der Waals surface area contributed by atoms with Crippen LogP contribution in [0.5, 0.6) is 5.75 Å². The van der Waals surface area contributed by atoms with Gasteiger partial charge in [-0.15, -0.1) is 10.2 Å². The van der Waals surface area contributed by atoms with Crippen molar-refractivity contribution in [3.63, 3.8) is 0 Å². The smallest absolute Gasteiger partial charge is 0.318 e. The van der Waals surface area contributed by atoms with Crippen molar-refractivity contribution < 1.29 is 14.3 Å². The molecule has 0 radical (unpaired) electrons. The normalized spacial score (nSPS) is 12.0. The first-order chi connectivity index (χ1) is 12.9. The van der Waals surface area contributed by atoms with E-state index in [1.54, 1.807) is 6.92 Å². The third-order valence-electron chi connectivity index (χ3n) is 3.73. The topological polar surface area (TPSA) is 112 Å². The summed E-state index contributed by atoms with van der Waals surface area (Å²) < 4.78 is 7.74. The average Bonchev–Trinajstić information content (AvgIpc) is 3.00. The number of primary amides is 1. The number of hydrogen-bond donors (Lipinski definition) is 2. The quantitative estimate of drug-likeness (QED) is 0.635. The number of aromatic nitrogens is 3. The number of amides is 3. The maximum atomic E-state index is 11.9. The van der Waals surface area contributed by atoms with Crippen molar-refractivity contribution in [3.8, 4) is 5.75 Å². The van der Waals surface area contributed by atoms with Crippen molar-refractivity contribution in [1.29, 1.82) is 0 Å². The van der Waals surface area contributed by atoms with E-state index in [0.717, 1.165) is 12.2 Å². The molecule has 3 N–H and O–H groups in total. The van der Waals surface area contributed by atoms with Gasteiger partial charge in [-0.25, -0.2) is 4.79 Å². The van der Waals surface area contributed by atoms with Crippen LogP contribution in [-0.2, 0) is 17.9 Å². The van der Waals surface area contributed by atoms with E-state index in [1.807, 2.05) is 34.9 Å². The molecule has 0 unspecified atom stereocenters. The van der Waals surface area contributed by atoms with Gasteiger partial charge in [0.1, 0.15) is 12.4 Å². The van der Waals surface area contributed by atoms with Crippen molar-refractivity contribution in [2.24, 2.45) is 11.7 Å². The summed E-state index contributed by atoms with van der Waals surface area (Å²) in [4.78, 5) is 22.8. The summed E-state index contributed by atoms with van der Waals surface area (Å²) in [6.45, 7) is 6.95. The van der Waals surface area contributed by atoms with E-state index in [0.29, 0.717) is 23.4 Å². The lowest BCUT2D eigenvalue weighted by Crippen LogP contribution is -2.39. The number of benzene rings is 1. The molecule has 0 saturated heterocycles. The van der Waals surface area contributed by atoms with Crippen LogP contribution in [-0.4, -0.2) is 32.0 Å². The predicted octanol–water partition coefficient (Wildman–Crippen LogP) is 2.58. The van der Waals surface area contributed by atoms with Gasteiger partial charge in [0.05, 0.1) is 5.25 Å². The van der Waals surface area contributed by atoms with Crippen molar-refractivity contribution in [1.82, 2.24) is 20.1 Å². The number of hydrogen-bond acceptors (Lipinski definition) is 6. The molecule has 1 atom stereocenters. The van der Waals surface area contributed by atoms with E-state index in [4.69, 9.17) is 10.5 Å². The molecule has 1 aromatic carbocycles. The summed E-state index contributed by atoms with van der Waals surface area (Å²) in [6.07, 6.45) is 0.936. The van der Waals surface area contributed by atoms with Gasteiger partial charge in [0.15, 0.2) is 11.0 Å². The van der Waals surface area contributed by atoms with E-state index in [2.05, 4.69) is 29.4 Å². The van der Waals surface area contributed by atoms with Crippen LogP contribution < -0.4 is 15.8 Å². The van der Waals surface area contributed by atoms with Crippen LogP contribution in [0.2, 0.25) is 0 Å². The van der Waals surface area contributed by atoms with E-state index in [9.17, 15) is 9.59 Å². The molecule has 0 bridgehead atoms. The Hall–Kier alpha value is -2.55. The fraction of sp³-hybridized carbons (Fsp3) is 0.444. The van der Waals surface area contributed by atoms with Crippen molar-refractivity contribution in [2.75, 3.05) is 0 Å². The molecule has 1 heterocycles. The molecule has 0 aliphatic carbocycles. The molecular weight excluding hydrogens is 366 g/mol. The van der Waals surface area contributed by atoms with E-state index < -0.39 is 17.2 Å². The fourth-order valence-electron chi connectivity index (χ4n) is 2.22. The minimum Gasteiger partial charge on any atom is -0.486 e. The highest BCUT2D eigenvalue weighted by atomic mass is 32.2. The molecule has 1 aromatic heterocycles. The van der Waals surface area contributed by atoms with E-state index in [1.165, 1.54) is 11.8 Å². The number of carbonyl (C=O) groups excluding carboxylic acids is 2. The second-order valence-electron chi connectivity index (χ2n) is 6.45. The van der Waals surface area contributed by atoms with Crippen LogP contribution in [0.1, 0.15) is 33.0 Å². The van der Waals surface area contributed by atoms with E-state index in [-0.39, 0.29) is 6.61 Å². The molecule has 0 aliphatic heterocycles. The first-order valence-electron chi connectivity index (χ1n) is 8.73. The lowest BCUT2D eigenvalue weighted by Gasteiger charge is -2.14. The van der Waals surface area contributed by atoms with Crippen LogP contribution in [0, 0.1) is 5.92 Å². The Morgan fingerprint density at radius 2 is 1.93 bits per heavy atom. The second kappa shape index (κ2) is 9.96. The molecular formula is C18H25N5O3S. The third-order valence-corrected chi connectivity index (χ3v) is 4.81. The maximum Gasteiger partial charge on any atom is 0.318 e. The van der Waals surface area contributed by atoms with Gasteiger partial charge in [-0.05, 0) is 31.4 Å². The van der Waals surface area contributed by atoms with E-state index >= 15 is 0 Å². The molecule has 0 spiro atoms. The Balaban J connectivity index is 2.12. The predicted molar refractivity (Wildman–Crippen MR) is 103 cm³/mol. The number of ether oxygens (including phenoxy) is 1. The number of para-hydroxylation sites is 1. The molecule has 146 valence electrons. The van der Waals surface area contributed by atoms with Gasteiger partial charge in [0, 0.05) is 6.54 Å². The number of carbonyl (C=O) groups is 2. The Morgan fingerprint density at radius 3 is 2.56 bits per heavy atom. The van der Waals surface area contributed by atoms with Crippen molar-refractivity contribution in [3.05, 3.63) is 36.2 Å². The molecule has 0 saturated carbocycles. The fourth-order valence-corrected chi connectivity index (χ4v) is 3.12. The molecule has 9 heteroatoms. The zero-order valence-corrected chi connectivity index (χ0v) is 16.5. The molecule has 0 aliphatic rings. The SMILES string of the molecule is CC(C)CCn1c(COc2ccccc2)nnc1S[C@@H](C)C(=O)NC(N)=O. The summed E-state index contributed by atoms with van der Waals surface area (Å²) >= 11 is 1.23. The second-order valence-corrected chi connectivity index (χ2v) is 7.76. The zero-order chi connectivity index (χ0) is 19.8. The van der Waals surface area contributed by atoms with Crippen LogP contribution in [0.3, 0.4) is 0 Å². The summed E-state index contributed by atoms with van der Waals surface area (Å²) in [6, 6.07) is 8.61.